The molecule has 112 valence electrons. The minimum atomic E-state index is -0.410. The van der Waals surface area contributed by atoms with Crippen molar-refractivity contribution in [2.75, 3.05) is 7.11 Å². The van der Waals surface area contributed by atoms with E-state index in [2.05, 4.69) is 0 Å². The molecule has 3 rings (SSSR count). The average Bonchev–Trinajstić information content (AvgIpc) is 2.54. The molecule has 0 saturated heterocycles. The van der Waals surface area contributed by atoms with Gasteiger partial charge >= 0.3 is 0 Å². The summed E-state index contributed by atoms with van der Waals surface area (Å²) in [5.41, 5.74) is 1.37. The lowest BCUT2D eigenvalue weighted by Gasteiger charge is -2.19. The van der Waals surface area contributed by atoms with Crippen molar-refractivity contribution in [3.05, 3.63) is 74.4 Å². The first kappa shape index (κ1) is 14.4. The third kappa shape index (κ3) is 2.51. The summed E-state index contributed by atoms with van der Waals surface area (Å²) in [6.45, 7) is 0. The van der Waals surface area contributed by atoms with Crippen LogP contribution in [0.2, 0.25) is 5.02 Å². The molecule has 5 nitrogen and oxygen atoms in total. The Morgan fingerprint density at radius 2 is 2.05 bits per heavy atom. The van der Waals surface area contributed by atoms with Gasteiger partial charge in [0.25, 0.3) is 5.70 Å². The molecule has 0 amide bonds. The van der Waals surface area contributed by atoms with E-state index in [-0.39, 0.29) is 17.9 Å². The fourth-order valence-electron chi connectivity index (χ4n) is 2.35. The maximum atomic E-state index is 11.4. The van der Waals surface area contributed by atoms with E-state index in [0.717, 1.165) is 5.56 Å². The van der Waals surface area contributed by atoms with Gasteiger partial charge in [0.05, 0.1) is 23.5 Å². The van der Waals surface area contributed by atoms with E-state index in [9.17, 15) is 10.1 Å². The van der Waals surface area contributed by atoms with Crippen molar-refractivity contribution in [2.45, 2.75) is 6.42 Å². The summed E-state index contributed by atoms with van der Waals surface area (Å²) < 4.78 is 10.9. The second kappa shape index (κ2) is 5.69. The molecule has 0 aromatic heterocycles. The number of nitrogens with zero attached hydrogens (tertiary/aromatic N) is 1. The Morgan fingerprint density at radius 1 is 1.27 bits per heavy atom. The van der Waals surface area contributed by atoms with Crippen molar-refractivity contribution < 1.29 is 14.4 Å². The number of para-hydroxylation sites is 1. The van der Waals surface area contributed by atoms with E-state index in [1.54, 1.807) is 24.3 Å². The van der Waals surface area contributed by atoms with E-state index in [1.165, 1.54) is 7.11 Å². The zero-order valence-electron chi connectivity index (χ0n) is 11.7. The normalized spacial score (nSPS) is 13.4. The number of allylic oxidation sites excluding steroid dienone is 1. The zero-order chi connectivity index (χ0) is 15.7. The van der Waals surface area contributed by atoms with Crippen molar-refractivity contribution in [3.8, 4) is 11.5 Å². The highest BCUT2D eigenvalue weighted by atomic mass is 35.5. The van der Waals surface area contributed by atoms with Crippen LogP contribution in [0.1, 0.15) is 11.1 Å². The van der Waals surface area contributed by atoms with Crippen molar-refractivity contribution in [1.82, 2.24) is 0 Å². The molecule has 2 aromatic carbocycles. The van der Waals surface area contributed by atoms with E-state index >= 15 is 0 Å². The molecular formula is C16H12ClNO4. The van der Waals surface area contributed by atoms with Crippen LogP contribution in [0, 0.1) is 10.1 Å². The smallest absolute Gasteiger partial charge is 0.293 e. The molecule has 1 heterocycles. The van der Waals surface area contributed by atoms with Crippen molar-refractivity contribution >= 4 is 17.4 Å². The van der Waals surface area contributed by atoms with Crippen LogP contribution in [-0.2, 0) is 6.42 Å². The van der Waals surface area contributed by atoms with Gasteiger partial charge in [0, 0.05) is 11.1 Å². The first-order chi connectivity index (χ1) is 10.6. The van der Waals surface area contributed by atoms with Gasteiger partial charge < -0.3 is 9.47 Å². The fourth-order valence-corrected chi connectivity index (χ4v) is 2.55. The van der Waals surface area contributed by atoms with Gasteiger partial charge in [-0.3, -0.25) is 10.1 Å². The number of nitro groups is 1. The highest BCUT2D eigenvalue weighted by Gasteiger charge is 2.29. The highest BCUT2D eigenvalue weighted by molar-refractivity contribution is 6.32. The third-order valence-electron chi connectivity index (χ3n) is 3.44. The Labute approximate surface area is 131 Å². The Bertz CT molecular complexity index is 785. The summed E-state index contributed by atoms with van der Waals surface area (Å²) in [7, 11) is 1.49. The SMILES string of the molecule is COc1cc(C2=C([N+](=O)[O-])Cc3ccccc3O2)ccc1Cl. The number of rotatable bonds is 3. The van der Waals surface area contributed by atoms with Gasteiger partial charge in [-0.25, -0.2) is 0 Å². The summed E-state index contributed by atoms with van der Waals surface area (Å²) >= 11 is 6.00. The topological polar surface area (TPSA) is 61.6 Å². The lowest BCUT2D eigenvalue weighted by atomic mass is 10.0. The maximum Gasteiger partial charge on any atom is 0.293 e. The number of halogens is 1. The van der Waals surface area contributed by atoms with Gasteiger partial charge in [-0.2, -0.15) is 0 Å². The van der Waals surface area contributed by atoms with Gasteiger partial charge in [-0.05, 0) is 24.3 Å². The summed E-state index contributed by atoms with van der Waals surface area (Å²) in [5, 5.41) is 11.8. The summed E-state index contributed by atoms with van der Waals surface area (Å²) in [6, 6.07) is 12.2. The quantitative estimate of drug-likeness (QED) is 0.635. The van der Waals surface area contributed by atoms with Crippen LogP contribution >= 0.6 is 11.6 Å². The summed E-state index contributed by atoms with van der Waals surface area (Å²) in [4.78, 5) is 11.0. The van der Waals surface area contributed by atoms with Crippen LogP contribution in [0.3, 0.4) is 0 Å². The lowest BCUT2D eigenvalue weighted by Crippen LogP contribution is -2.15. The zero-order valence-corrected chi connectivity index (χ0v) is 12.5. The van der Waals surface area contributed by atoms with E-state index < -0.39 is 4.92 Å². The molecule has 0 spiro atoms. The largest absolute Gasteiger partial charge is 0.495 e. The molecule has 0 radical (unpaired) electrons. The standard InChI is InChI=1S/C16H12ClNO4/c1-21-15-9-11(6-7-12(15)17)16-13(18(19)20)8-10-4-2-3-5-14(10)22-16/h2-7,9H,8H2,1H3. The van der Waals surface area contributed by atoms with Crippen LogP contribution in [0.5, 0.6) is 11.5 Å². The van der Waals surface area contributed by atoms with Gasteiger partial charge in [-0.15, -0.1) is 0 Å². The number of fused-ring (bicyclic) bond motifs is 1. The van der Waals surface area contributed by atoms with E-state index in [4.69, 9.17) is 21.1 Å². The number of hydrogen-bond acceptors (Lipinski definition) is 4. The van der Waals surface area contributed by atoms with Crippen LogP contribution in [-0.4, -0.2) is 12.0 Å². The average molecular weight is 318 g/mol. The second-order valence-corrected chi connectivity index (χ2v) is 5.18. The molecule has 6 heteroatoms. The Hall–Kier alpha value is -2.53. The van der Waals surface area contributed by atoms with Crippen molar-refractivity contribution in [2.24, 2.45) is 0 Å². The minimum absolute atomic E-state index is 0.0167. The molecule has 1 aliphatic rings. The van der Waals surface area contributed by atoms with Gasteiger partial charge in [0.2, 0.25) is 5.76 Å². The first-order valence-corrected chi connectivity index (χ1v) is 6.95. The van der Waals surface area contributed by atoms with E-state index in [0.29, 0.717) is 22.1 Å². The van der Waals surface area contributed by atoms with Crippen LogP contribution in [0.4, 0.5) is 0 Å². The molecule has 2 aromatic rings. The van der Waals surface area contributed by atoms with Crippen LogP contribution in [0.15, 0.2) is 48.2 Å². The Kier molecular flexibility index (Phi) is 3.73. The second-order valence-electron chi connectivity index (χ2n) is 4.77. The first-order valence-electron chi connectivity index (χ1n) is 6.57. The predicted octanol–water partition coefficient (Wildman–Crippen LogP) is 3.93. The molecule has 0 N–H and O–H groups in total. The van der Waals surface area contributed by atoms with Gasteiger partial charge in [0.15, 0.2) is 0 Å². The van der Waals surface area contributed by atoms with Crippen molar-refractivity contribution in [1.29, 1.82) is 0 Å². The highest BCUT2D eigenvalue weighted by Crippen LogP contribution is 2.36. The lowest BCUT2D eigenvalue weighted by molar-refractivity contribution is -0.427. The third-order valence-corrected chi connectivity index (χ3v) is 3.75. The molecule has 0 saturated carbocycles. The molecule has 0 unspecified atom stereocenters. The van der Waals surface area contributed by atoms with E-state index in [1.807, 2.05) is 18.2 Å². The Balaban J connectivity index is 2.12. The van der Waals surface area contributed by atoms with Gasteiger partial charge in [0.1, 0.15) is 11.5 Å². The molecule has 0 aliphatic carbocycles. The molecule has 0 bridgehead atoms. The minimum Gasteiger partial charge on any atom is -0.495 e. The molecular weight excluding hydrogens is 306 g/mol. The molecule has 0 atom stereocenters. The summed E-state index contributed by atoms with van der Waals surface area (Å²) in [5.74, 6) is 1.28. The summed E-state index contributed by atoms with van der Waals surface area (Å²) in [6.07, 6.45) is 0.212. The molecule has 1 aliphatic heterocycles. The maximum absolute atomic E-state index is 11.4. The van der Waals surface area contributed by atoms with Crippen LogP contribution in [0.25, 0.3) is 5.76 Å². The number of ether oxygens (including phenoxy) is 2. The predicted molar refractivity (Wildman–Crippen MR) is 82.7 cm³/mol. The number of benzene rings is 2. The Morgan fingerprint density at radius 3 is 2.77 bits per heavy atom. The van der Waals surface area contributed by atoms with Crippen LogP contribution < -0.4 is 9.47 Å². The number of methoxy groups -OCH3 is 1. The van der Waals surface area contributed by atoms with Gasteiger partial charge in [-0.1, -0.05) is 29.8 Å². The number of hydrogen-bond donors (Lipinski definition) is 0. The molecule has 0 fully saturated rings. The monoisotopic (exact) mass is 317 g/mol. The fraction of sp³-hybridized carbons (Fsp3) is 0.125. The van der Waals surface area contributed by atoms with Crippen molar-refractivity contribution in [3.63, 3.8) is 0 Å². The molecule has 22 heavy (non-hydrogen) atoms.